The molecule has 2 aliphatic heterocycles. The number of piperazine rings is 1. The summed E-state index contributed by atoms with van der Waals surface area (Å²) in [7, 11) is 1.66. The second-order valence-electron chi connectivity index (χ2n) is 12.2. The van der Waals surface area contributed by atoms with Crippen LogP contribution >= 0.6 is 12.6 Å². The van der Waals surface area contributed by atoms with Gasteiger partial charge in [0.15, 0.2) is 0 Å². The van der Waals surface area contributed by atoms with E-state index in [0.29, 0.717) is 44.6 Å². The van der Waals surface area contributed by atoms with Crippen LogP contribution in [-0.4, -0.2) is 85.1 Å². The van der Waals surface area contributed by atoms with Gasteiger partial charge in [-0.2, -0.15) is 17.9 Å². The van der Waals surface area contributed by atoms with Crippen LogP contribution in [0, 0.1) is 11.3 Å². The van der Waals surface area contributed by atoms with Crippen LogP contribution < -0.4 is 15.7 Å². The molecule has 3 heterocycles. The summed E-state index contributed by atoms with van der Waals surface area (Å²) in [5, 5.41) is 25.0. The first-order chi connectivity index (χ1) is 20.5. The van der Waals surface area contributed by atoms with Gasteiger partial charge in [-0.1, -0.05) is 47.9 Å². The van der Waals surface area contributed by atoms with Crippen molar-refractivity contribution < 1.29 is 14.6 Å². The van der Waals surface area contributed by atoms with Crippen LogP contribution in [-0.2, 0) is 10.1 Å². The average Bonchev–Trinajstić information content (AvgIpc) is 3.04. The Morgan fingerprint density at radius 3 is 2.28 bits per heavy atom. The van der Waals surface area contributed by atoms with Gasteiger partial charge in [-0.05, 0) is 58.4 Å². The molecule has 2 aliphatic rings. The number of amides is 1. The molecule has 1 aromatic heterocycles. The van der Waals surface area contributed by atoms with E-state index in [0.717, 1.165) is 40.7 Å². The SMILES string of the molecule is CC(C)(O)C(C)(C)O[B]c1ccc(C2(C#N)CCN(c3c(C(=O)N4CCNCC4)cnc4ccccc34)CC2)cc1.CS. The second kappa shape index (κ2) is 13.7. The molecule has 5 rings (SSSR count). The van der Waals surface area contributed by atoms with Gasteiger partial charge in [0.05, 0.1) is 39.5 Å². The zero-order valence-corrected chi connectivity index (χ0v) is 26.8. The molecule has 0 bridgehead atoms. The third-order valence-corrected chi connectivity index (χ3v) is 8.96. The monoisotopic (exact) mass is 600 g/mol. The number of hydrogen-bond donors (Lipinski definition) is 3. The molecular weight excluding hydrogens is 557 g/mol. The smallest absolute Gasteiger partial charge is 0.330 e. The number of pyridine rings is 1. The van der Waals surface area contributed by atoms with Gasteiger partial charge in [0.1, 0.15) is 0 Å². The lowest BCUT2D eigenvalue weighted by Crippen LogP contribution is -2.49. The van der Waals surface area contributed by atoms with Crippen molar-refractivity contribution in [3.63, 3.8) is 0 Å². The predicted molar refractivity (Wildman–Crippen MR) is 177 cm³/mol. The zero-order chi connectivity index (χ0) is 31.3. The van der Waals surface area contributed by atoms with Crippen molar-refractivity contribution >= 4 is 48.1 Å². The zero-order valence-electron chi connectivity index (χ0n) is 25.9. The van der Waals surface area contributed by atoms with Crippen molar-refractivity contribution in [2.24, 2.45) is 0 Å². The molecule has 0 aliphatic carbocycles. The molecule has 2 aromatic carbocycles. The molecule has 0 spiro atoms. The first-order valence-electron chi connectivity index (χ1n) is 14.9. The minimum atomic E-state index is -1.00. The number of piperidine rings is 1. The summed E-state index contributed by atoms with van der Waals surface area (Å²) in [5.74, 6) is 0.0127. The van der Waals surface area contributed by atoms with Crippen molar-refractivity contribution in [3.8, 4) is 6.07 Å². The number of nitrogens with one attached hydrogen (secondary N) is 1. The number of benzene rings is 2. The first kappa shape index (κ1) is 32.8. The molecule has 8 nitrogen and oxygen atoms in total. The molecule has 43 heavy (non-hydrogen) atoms. The Hall–Kier alpha value is -3.10. The van der Waals surface area contributed by atoms with Gasteiger partial charge in [-0.15, -0.1) is 0 Å². The van der Waals surface area contributed by atoms with Crippen molar-refractivity contribution in [3.05, 3.63) is 65.9 Å². The van der Waals surface area contributed by atoms with Crippen molar-refractivity contribution in [2.45, 2.75) is 57.2 Å². The summed E-state index contributed by atoms with van der Waals surface area (Å²) in [5.41, 5.74) is 1.89. The minimum absolute atomic E-state index is 0.0127. The van der Waals surface area contributed by atoms with Crippen LogP contribution in [0.25, 0.3) is 10.9 Å². The largest absolute Gasteiger partial charge is 0.427 e. The molecule has 0 unspecified atom stereocenters. The summed E-state index contributed by atoms with van der Waals surface area (Å²) >= 11 is 3.53. The lowest BCUT2D eigenvalue weighted by Gasteiger charge is -2.40. The van der Waals surface area contributed by atoms with E-state index in [1.165, 1.54) is 0 Å². The Kier molecular flexibility index (Phi) is 10.4. The number of aromatic nitrogens is 1. The highest BCUT2D eigenvalue weighted by molar-refractivity contribution is 7.79. The van der Waals surface area contributed by atoms with Gasteiger partial charge in [0.2, 0.25) is 0 Å². The Bertz CT molecular complexity index is 1440. The van der Waals surface area contributed by atoms with E-state index in [1.807, 2.05) is 67.3 Å². The maximum Gasteiger partial charge on any atom is 0.330 e. The number of carbonyl (C=O) groups is 1. The number of carbonyl (C=O) groups excluding carboxylic acids is 1. The summed E-state index contributed by atoms with van der Waals surface area (Å²) in [4.78, 5) is 22.5. The van der Waals surface area contributed by atoms with Crippen LogP contribution in [0.1, 0.15) is 56.5 Å². The van der Waals surface area contributed by atoms with E-state index in [1.54, 1.807) is 33.8 Å². The van der Waals surface area contributed by atoms with Gasteiger partial charge in [0, 0.05) is 50.9 Å². The fourth-order valence-corrected chi connectivity index (χ4v) is 5.48. The Morgan fingerprint density at radius 2 is 1.67 bits per heavy atom. The third-order valence-electron chi connectivity index (χ3n) is 8.96. The number of fused-ring (bicyclic) bond motifs is 1. The molecule has 2 saturated heterocycles. The molecular formula is C33H43BN5O3S. The third kappa shape index (κ3) is 7.02. The number of anilines is 1. The van der Waals surface area contributed by atoms with Gasteiger partial charge in [-0.3, -0.25) is 9.78 Å². The van der Waals surface area contributed by atoms with Crippen molar-refractivity contribution in [1.82, 2.24) is 15.2 Å². The molecule has 227 valence electrons. The summed E-state index contributed by atoms with van der Waals surface area (Å²) in [6.07, 6.45) is 4.71. The Labute approximate surface area is 262 Å². The van der Waals surface area contributed by atoms with Gasteiger partial charge in [0.25, 0.3) is 5.91 Å². The molecule has 0 saturated carbocycles. The maximum atomic E-state index is 13.7. The number of para-hydroxylation sites is 1. The molecule has 2 N–H and O–H groups in total. The van der Waals surface area contributed by atoms with Crippen LogP contribution in [0.3, 0.4) is 0 Å². The number of nitriles is 1. The van der Waals surface area contributed by atoms with E-state index in [2.05, 4.69) is 33.9 Å². The number of thiol groups is 1. The average molecular weight is 601 g/mol. The quantitative estimate of drug-likeness (QED) is 0.281. The lowest BCUT2D eigenvalue weighted by atomic mass is 9.72. The van der Waals surface area contributed by atoms with Gasteiger partial charge < -0.3 is 24.9 Å². The number of aliphatic hydroxyl groups is 1. The van der Waals surface area contributed by atoms with E-state index in [-0.39, 0.29) is 5.91 Å². The fraction of sp³-hybridized carbons (Fsp3) is 0.485. The van der Waals surface area contributed by atoms with E-state index >= 15 is 0 Å². The number of nitrogens with zero attached hydrogens (tertiary/aromatic N) is 4. The maximum absolute atomic E-state index is 13.7. The summed E-state index contributed by atoms with van der Waals surface area (Å²) in [6.45, 7) is 11.4. The molecule has 1 radical (unpaired) electrons. The van der Waals surface area contributed by atoms with E-state index < -0.39 is 16.6 Å². The highest BCUT2D eigenvalue weighted by atomic mass is 32.1. The lowest BCUT2D eigenvalue weighted by molar-refractivity contribution is -0.0893. The van der Waals surface area contributed by atoms with E-state index in [9.17, 15) is 15.2 Å². The van der Waals surface area contributed by atoms with Crippen LogP contribution in [0.15, 0.2) is 54.7 Å². The van der Waals surface area contributed by atoms with Gasteiger partial charge in [-0.25, -0.2) is 0 Å². The highest BCUT2D eigenvalue weighted by Gasteiger charge is 2.39. The highest BCUT2D eigenvalue weighted by Crippen LogP contribution is 2.39. The number of rotatable bonds is 7. The molecule has 2 fully saturated rings. The van der Waals surface area contributed by atoms with Crippen LogP contribution in [0.4, 0.5) is 5.69 Å². The summed E-state index contributed by atoms with van der Waals surface area (Å²) < 4.78 is 5.90. The fourth-order valence-electron chi connectivity index (χ4n) is 5.48. The summed E-state index contributed by atoms with van der Waals surface area (Å²) in [6, 6.07) is 18.5. The topological polar surface area (TPSA) is 102 Å². The van der Waals surface area contributed by atoms with Crippen molar-refractivity contribution in [2.75, 3.05) is 50.4 Å². The predicted octanol–water partition coefficient (Wildman–Crippen LogP) is 3.70. The second-order valence-corrected chi connectivity index (χ2v) is 12.2. The van der Waals surface area contributed by atoms with Gasteiger partial charge >= 0.3 is 7.48 Å². The molecule has 3 aromatic rings. The molecule has 1 amide bonds. The normalized spacial score (nSPS) is 17.1. The van der Waals surface area contributed by atoms with E-state index in [4.69, 9.17) is 4.65 Å². The van der Waals surface area contributed by atoms with Crippen LogP contribution in [0.2, 0.25) is 0 Å². The Morgan fingerprint density at radius 1 is 1.05 bits per heavy atom. The standard InChI is InChI=1S/C32H39BN5O3.CH4S/c1-30(2,40)31(3,4)41-33-24-11-9-23(10-12-24)32(22-34)13-17-37(18-14-32)28-25-7-5-6-8-27(25)36-21-26(28)29(39)38-19-15-35-16-20-38;1-2/h5-12,21,35,40H,13-20H2,1-4H3;2H,1H3. The number of hydrogen-bond acceptors (Lipinski definition) is 8. The van der Waals surface area contributed by atoms with Crippen molar-refractivity contribution in [1.29, 1.82) is 5.26 Å². The minimum Gasteiger partial charge on any atom is -0.427 e. The Balaban J connectivity index is 0.00000207. The molecule has 10 heteroatoms. The molecule has 0 atom stereocenters. The first-order valence-corrected chi connectivity index (χ1v) is 15.8. The van der Waals surface area contributed by atoms with Crippen LogP contribution in [0.5, 0.6) is 0 Å².